The van der Waals surface area contributed by atoms with Crippen LogP contribution in [0.3, 0.4) is 0 Å². The Morgan fingerprint density at radius 3 is 2.39 bits per heavy atom. The number of hydrogen-bond acceptors (Lipinski definition) is 3. The standard InChI is InChI=1S/C11H15N3O3S/c12-18(16,17)10-5-1-8(2-6-10)7-13-11(15)14-9-3-4-9/h1-2,5-6,9H,3-4,7H2,(H2,12,16,17)(H2,13,14,15). The fourth-order valence-electron chi connectivity index (χ4n) is 1.44. The Hall–Kier alpha value is -1.60. The molecule has 0 bridgehead atoms. The van der Waals surface area contributed by atoms with Crippen LogP contribution in [-0.4, -0.2) is 20.5 Å². The van der Waals surface area contributed by atoms with Crippen molar-refractivity contribution < 1.29 is 13.2 Å². The monoisotopic (exact) mass is 269 g/mol. The number of benzene rings is 1. The van der Waals surface area contributed by atoms with E-state index in [2.05, 4.69) is 10.6 Å². The Morgan fingerprint density at radius 1 is 1.28 bits per heavy atom. The largest absolute Gasteiger partial charge is 0.335 e. The molecule has 18 heavy (non-hydrogen) atoms. The van der Waals surface area contributed by atoms with E-state index in [9.17, 15) is 13.2 Å². The number of urea groups is 1. The lowest BCUT2D eigenvalue weighted by molar-refractivity contribution is 0.240. The number of amides is 2. The van der Waals surface area contributed by atoms with Gasteiger partial charge in [-0.15, -0.1) is 0 Å². The van der Waals surface area contributed by atoms with Crippen LogP contribution < -0.4 is 15.8 Å². The highest BCUT2D eigenvalue weighted by molar-refractivity contribution is 7.89. The van der Waals surface area contributed by atoms with Crippen LogP contribution in [-0.2, 0) is 16.6 Å². The molecular formula is C11H15N3O3S. The van der Waals surface area contributed by atoms with Crippen LogP contribution in [0.15, 0.2) is 29.2 Å². The molecule has 1 aromatic rings. The van der Waals surface area contributed by atoms with E-state index in [1.807, 2.05) is 0 Å². The zero-order valence-electron chi connectivity index (χ0n) is 9.72. The molecule has 0 radical (unpaired) electrons. The number of rotatable bonds is 4. The average Bonchev–Trinajstić information content (AvgIpc) is 3.10. The zero-order valence-corrected chi connectivity index (χ0v) is 10.5. The molecule has 98 valence electrons. The van der Waals surface area contributed by atoms with E-state index in [1.54, 1.807) is 12.1 Å². The van der Waals surface area contributed by atoms with Gasteiger partial charge >= 0.3 is 6.03 Å². The van der Waals surface area contributed by atoms with Gasteiger partial charge in [0.2, 0.25) is 10.0 Å². The number of carbonyl (C=O) groups is 1. The highest BCUT2D eigenvalue weighted by Crippen LogP contribution is 2.18. The van der Waals surface area contributed by atoms with Crippen LogP contribution in [0.5, 0.6) is 0 Å². The number of nitrogens with one attached hydrogen (secondary N) is 2. The molecule has 0 unspecified atom stereocenters. The van der Waals surface area contributed by atoms with E-state index in [-0.39, 0.29) is 10.9 Å². The number of nitrogens with two attached hydrogens (primary N) is 1. The molecule has 6 nitrogen and oxygen atoms in total. The number of hydrogen-bond donors (Lipinski definition) is 3. The van der Waals surface area contributed by atoms with E-state index < -0.39 is 10.0 Å². The van der Waals surface area contributed by atoms with Crippen molar-refractivity contribution in [3.8, 4) is 0 Å². The second-order valence-electron chi connectivity index (χ2n) is 4.29. The maximum Gasteiger partial charge on any atom is 0.315 e. The fourth-order valence-corrected chi connectivity index (χ4v) is 1.96. The summed E-state index contributed by atoms with van der Waals surface area (Å²) < 4.78 is 22.1. The first-order chi connectivity index (χ1) is 8.45. The van der Waals surface area contributed by atoms with Gasteiger partial charge in [0, 0.05) is 12.6 Å². The predicted octanol–water partition coefficient (Wildman–Crippen LogP) is 0.296. The van der Waals surface area contributed by atoms with Crippen LogP contribution in [0.4, 0.5) is 4.79 Å². The molecule has 1 saturated carbocycles. The van der Waals surface area contributed by atoms with E-state index in [1.165, 1.54) is 12.1 Å². The maximum absolute atomic E-state index is 11.4. The Kier molecular flexibility index (Phi) is 3.53. The fraction of sp³-hybridized carbons (Fsp3) is 0.364. The van der Waals surface area contributed by atoms with Gasteiger partial charge in [0.25, 0.3) is 0 Å². The van der Waals surface area contributed by atoms with Gasteiger partial charge < -0.3 is 10.6 Å². The molecule has 0 saturated heterocycles. The van der Waals surface area contributed by atoms with E-state index in [4.69, 9.17) is 5.14 Å². The normalized spacial score (nSPS) is 15.2. The van der Waals surface area contributed by atoms with Gasteiger partial charge in [0.05, 0.1) is 4.90 Å². The van der Waals surface area contributed by atoms with Gasteiger partial charge in [0.1, 0.15) is 0 Å². The molecule has 4 N–H and O–H groups in total. The second kappa shape index (κ2) is 4.95. The molecule has 1 aromatic carbocycles. The van der Waals surface area contributed by atoms with Crippen molar-refractivity contribution in [1.29, 1.82) is 0 Å². The molecule has 0 heterocycles. The van der Waals surface area contributed by atoms with Crippen molar-refractivity contribution in [2.75, 3.05) is 0 Å². The first-order valence-corrected chi connectivity index (χ1v) is 7.16. The molecule has 0 aromatic heterocycles. The first-order valence-electron chi connectivity index (χ1n) is 5.61. The lowest BCUT2D eigenvalue weighted by Crippen LogP contribution is -2.36. The average molecular weight is 269 g/mol. The van der Waals surface area contributed by atoms with Crippen molar-refractivity contribution in [1.82, 2.24) is 10.6 Å². The lowest BCUT2D eigenvalue weighted by Gasteiger charge is -2.07. The first kappa shape index (κ1) is 12.8. The Bertz CT molecular complexity index is 535. The third kappa shape index (κ3) is 3.71. The summed E-state index contributed by atoms with van der Waals surface area (Å²) >= 11 is 0. The molecule has 1 aliphatic carbocycles. The summed E-state index contributed by atoms with van der Waals surface area (Å²) in [5.74, 6) is 0. The highest BCUT2D eigenvalue weighted by atomic mass is 32.2. The molecule has 1 aliphatic rings. The van der Waals surface area contributed by atoms with Crippen LogP contribution in [0.25, 0.3) is 0 Å². The summed E-state index contributed by atoms with van der Waals surface area (Å²) in [6.45, 7) is 0.351. The van der Waals surface area contributed by atoms with Gasteiger partial charge in [-0.25, -0.2) is 18.4 Å². The molecule has 7 heteroatoms. The van der Waals surface area contributed by atoms with E-state index in [0.717, 1.165) is 18.4 Å². The summed E-state index contributed by atoms with van der Waals surface area (Å²) in [5, 5.41) is 10.5. The summed E-state index contributed by atoms with van der Waals surface area (Å²) in [6, 6.07) is 6.20. The molecule has 0 aliphatic heterocycles. The molecule has 2 amide bonds. The minimum absolute atomic E-state index is 0.0636. The summed E-state index contributed by atoms with van der Waals surface area (Å²) in [6.07, 6.45) is 2.08. The number of sulfonamides is 1. The molecule has 0 atom stereocenters. The smallest absolute Gasteiger partial charge is 0.315 e. The zero-order chi connectivity index (χ0) is 13.2. The third-order valence-corrected chi connectivity index (χ3v) is 3.55. The van der Waals surface area contributed by atoms with Gasteiger partial charge in [-0.1, -0.05) is 12.1 Å². The SMILES string of the molecule is NS(=O)(=O)c1ccc(CNC(=O)NC2CC2)cc1. The lowest BCUT2D eigenvalue weighted by atomic mass is 10.2. The number of primary sulfonamides is 1. The summed E-state index contributed by atoms with van der Waals surface area (Å²) in [5.41, 5.74) is 0.813. The molecule has 2 rings (SSSR count). The van der Waals surface area contributed by atoms with E-state index in [0.29, 0.717) is 12.6 Å². The maximum atomic E-state index is 11.4. The van der Waals surface area contributed by atoms with Crippen LogP contribution in [0, 0.1) is 0 Å². The van der Waals surface area contributed by atoms with Crippen molar-refractivity contribution in [3.05, 3.63) is 29.8 Å². The quantitative estimate of drug-likeness (QED) is 0.732. The highest BCUT2D eigenvalue weighted by Gasteiger charge is 2.22. The Labute approximate surface area is 106 Å². The Balaban J connectivity index is 1.87. The topological polar surface area (TPSA) is 101 Å². The summed E-state index contributed by atoms with van der Waals surface area (Å²) in [4.78, 5) is 11.4. The number of carbonyl (C=O) groups excluding carboxylic acids is 1. The van der Waals surface area contributed by atoms with Crippen molar-refractivity contribution in [3.63, 3.8) is 0 Å². The third-order valence-electron chi connectivity index (χ3n) is 2.62. The van der Waals surface area contributed by atoms with Crippen LogP contribution in [0.2, 0.25) is 0 Å². The Morgan fingerprint density at radius 2 is 1.89 bits per heavy atom. The van der Waals surface area contributed by atoms with Crippen molar-refractivity contribution >= 4 is 16.1 Å². The molecule has 0 spiro atoms. The van der Waals surface area contributed by atoms with Crippen LogP contribution >= 0.6 is 0 Å². The summed E-state index contributed by atoms with van der Waals surface area (Å²) in [7, 11) is -3.66. The minimum Gasteiger partial charge on any atom is -0.335 e. The van der Waals surface area contributed by atoms with Gasteiger partial charge in [-0.2, -0.15) is 0 Å². The van der Waals surface area contributed by atoms with Gasteiger partial charge in [0.15, 0.2) is 0 Å². The van der Waals surface area contributed by atoms with Crippen molar-refractivity contribution in [2.24, 2.45) is 5.14 Å². The van der Waals surface area contributed by atoms with Crippen LogP contribution in [0.1, 0.15) is 18.4 Å². The second-order valence-corrected chi connectivity index (χ2v) is 5.85. The van der Waals surface area contributed by atoms with Gasteiger partial charge in [-0.05, 0) is 30.5 Å². The van der Waals surface area contributed by atoms with Gasteiger partial charge in [-0.3, -0.25) is 0 Å². The van der Waals surface area contributed by atoms with Crippen molar-refractivity contribution in [2.45, 2.75) is 30.3 Å². The molecular weight excluding hydrogens is 254 g/mol. The van der Waals surface area contributed by atoms with E-state index >= 15 is 0 Å². The minimum atomic E-state index is -3.66. The molecule has 1 fully saturated rings. The predicted molar refractivity (Wildman–Crippen MR) is 66.2 cm³/mol.